The second-order valence-corrected chi connectivity index (χ2v) is 4.78. The van der Waals surface area contributed by atoms with Crippen molar-refractivity contribution in [2.75, 3.05) is 18.5 Å². The van der Waals surface area contributed by atoms with Crippen LogP contribution in [0.5, 0.6) is 5.88 Å². The van der Waals surface area contributed by atoms with Gasteiger partial charge in [0.1, 0.15) is 0 Å². The fraction of sp³-hybridized carbons (Fsp3) is 0.538. The van der Waals surface area contributed by atoms with Crippen molar-refractivity contribution >= 4 is 36.4 Å². The Labute approximate surface area is 144 Å². The molecule has 1 fully saturated rings. The number of piperidine rings is 1. The Morgan fingerprint density at radius 1 is 1.35 bits per heavy atom. The van der Waals surface area contributed by atoms with Crippen LogP contribution in [0.4, 0.5) is 18.9 Å². The van der Waals surface area contributed by atoms with E-state index in [1.807, 2.05) is 0 Å². The lowest BCUT2D eigenvalue weighted by molar-refractivity contribution is -0.154. The van der Waals surface area contributed by atoms with Crippen molar-refractivity contribution in [3.63, 3.8) is 0 Å². The molecule has 1 aromatic rings. The molecule has 1 aliphatic rings. The van der Waals surface area contributed by atoms with Crippen LogP contribution in [0.3, 0.4) is 0 Å². The predicted octanol–water partition coefficient (Wildman–Crippen LogP) is 2.95. The highest BCUT2D eigenvalue weighted by Gasteiger charge is 2.28. The first-order valence-electron chi connectivity index (χ1n) is 6.64. The summed E-state index contributed by atoms with van der Waals surface area (Å²) in [6.07, 6.45) is -0.316. The molecule has 2 N–H and O–H groups in total. The third-order valence-corrected chi connectivity index (χ3v) is 3.01. The average Bonchev–Trinajstić information content (AvgIpc) is 2.46. The number of halogens is 5. The Kier molecular flexibility index (Phi) is 9.26. The minimum Gasteiger partial charge on any atom is -0.468 e. The lowest BCUT2D eigenvalue weighted by atomic mass is 10.0. The number of carbonyl (C=O) groups excluding carboxylic acids is 1. The summed E-state index contributed by atoms with van der Waals surface area (Å²) in [5, 5.41) is 5.77. The number of carbonyl (C=O) groups is 1. The zero-order valence-corrected chi connectivity index (χ0v) is 13.7. The Morgan fingerprint density at radius 3 is 2.61 bits per heavy atom. The van der Waals surface area contributed by atoms with Crippen LogP contribution >= 0.6 is 24.8 Å². The van der Waals surface area contributed by atoms with Crippen LogP contribution in [0.1, 0.15) is 19.3 Å². The van der Waals surface area contributed by atoms with Crippen LogP contribution in [0, 0.1) is 0 Å². The topological polar surface area (TPSA) is 63.2 Å². The number of hydrogen-bond acceptors (Lipinski definition) is 4. The number of nitrogens with one attached hydrogen (secondary N) is 2. The first kappa shape index (κ1) is 21.8. The van der Waals surface area contributed by atoms with Gasteiger partial charge in [-0.25, -0.2) is 4.98 Å². The summed E-state index contributed by atoms with van der Waals surface area (Å²) in [6, 6.07) is 2.51. The molecule has 23 heavy (non-hydrogen) atoms. The molecular weight excluding hydrogens is 358 g/mol. The van der Waals surface area contributed by atoms with Crippen molar-refractivity contribution in [2.24, 2.45) is 0 Å². The van der Waals surface area contributed by atoms with E-state index in [4.69, 9.17) is 0 Å². The van der Waals surface area contributed by atoms with Crippen molar-refractivity contribution in [2.45, 2.75) is 31.5 Å². The predicted molar refractivity (Wildman–Crippen MR) is 84.6 cm³/mol. The highest BCUT2D eigenvalue weighted by atomic mass is 35.5. The van der Waals surface area contributed by atoms with E-state index in [2.05, 4.69) is 20.4 Å². The van der Waals surface area contributed by atoms with E-state index in [0.717, 1.165) is 25.8 Å². The lowest BCUT2D eigenvalue weighted by Crippen LogP contribution is -2.43. The molecule has 0 saturated carbocycles. The molecule has 2 heterocycles. The molecule has 1 atom stereocenters. The molecule has 1 amide bonds. The monoisotopic (exact) mass is 375 g/mol. The molecule has 132 valence electrons. The first-order chi connectivity index (χ1) is 9.94. The third kappa shape index (κ3) is 7.71. The highest BCUT2D eigenvalue weighted by Crippen LogP contribution is 2.18. The molecule has 2 rings (SSSR count). The van der Waals surface area contributed by atoms with Crippen molar-refractivity contribution in [3.05, 3.63) is 18.3 Å². The molecule has 0 spiro atoms. The fourth-order valence-electron chi connectivity index (χ4n) is 2.00. The molecule has 5 nitrogen and oxygen atoms in total. The Bertz CT molecular complexity index is 480. The van der Waals surface area contributed by atoms with Gasteiger partial charge in [-0.2, -0.15) is 13.2 Å². The summed E-state index contributed by atoms with van der Waals surface area (Å²) in [5.41, 5.74) is 0.423. The van der Waals surface area contributed by atoms with Crippen LogP contribution in [0.25, 0.3) is 0 Å². The van der Waals surface area contributed by atoms with Gasteiger partial charge in [0.25, 0.3) is 0 Å². The van der Waals surface area contributed by atoms with Gasteiger partial charge in [0.15, 0.2) is 6.61 Å². The normalized spacial score (nSPS) is 17.4. The molecular formula is C13H18Cl2F3N3O2. The van der Waals surface area contributed by atoms with Crippen LogP contribution in [0.2, 0.25) is 0 Å². The Morgan fingerprint density at radius 2 is 2.09 bits per heavy atom. The SMILES string of the molecule is Cl.Cl.O=C(Nc1ccc(OCC(F)(F)F)nc1)[C@@H]1CCCCN1. The van der Waals surface area contributed by atoms with E-state index < -0.39 is 12.8 Å². The Hall–Kier alpha value is -1.25. The van der Waals surface area contributed by atoms with Gasteiger partial charge in [0, 0.05) is 6.07 Å². The number of nitrogens with zero attached hydrogens (tertiary/aromatic N) is 1. The van der Waals surface area contributed by atoms with E-state index in [0.29, 0.717) is 5.69 Å². The summed E-state index contributed by atoms with van der Waals surface area (Å²) in [5.74, 6) is -0.304. The summed E-state index contributed by atoms with van der Waals surface area (Å²) >= 11 is 0. The second-order valence-electron chi connectivity index (χ2n) is 4.78. The number of anilines is 1. The molecule has 0 unspecified atom stereocenters. The maximum atomic E-state index is 12.0. The van der Waals surface area contributed by atoms with Crippen molar-refractivity contribution in [3.8, 4) is 5.88 Å². The second kappa shape index (κ2) is 9.79. The smallest absolute Gasteiger partial charge is 0.422 e. The molecule has 0 aromatic carbocycles. The van der Waals surface area contributed by atoms with E-state index >= 15 is 0 Å². The Balaban J connectivity index is 0.00000242. The van der Waals surface area contributed by atoms with Gasteiger partial charge in [-0.1, -0.05) is 6.42 Å². The molecule has 1 saturated heterocycles. The number of alkyl halides is 3. The number of pyridine rings is 1. The zero-order valence-electron chi connectivity index (χ0n) is 12.1. The van der Waals surface area contributed by atoms with Crippen molar-refractivity contribution in [1.29, 1.82) is 0 Å². The number of amides is 1. The summed E-state index contributed by atoms with van der Waals surface area (Å²) in [4.78, 5) is 15.7. The van der Waals surface area contributed by atoms with E-state index in [1.54, 1.807) is 0 Å². The average molecular weight is 376 g/mol. The standard InChI is InChI=1S/C13H16F3N3O2.2ClH/c14-13(15,16)8-21-11-5-4-9(7-18-11)19-12(20)10-3-1-2-6-17-10;;/h4-5,7,10,17H,1-3,6,8H2,(H,19,20);2*1H/t10-;;/m0../s1. The van der Waals surface area contributed by atoms with Crippen molar-refractivity contribution < 1.29 is 22.7 Å². The van der Waals surface area contributed by atoms with E-state index in [-0.39, 0.29) is 42.6 Å². The minimum absolute atomic E-state index is 0. The maximum absolute atomic E-state index is 12.0. The lowest BCUT2D eigenvalue weighted by Gasteiger charge is -2.22. The van der Waals surface area contributed by atoms with E-state index in [9.17, 15) is 18.0 Å². The minimum atomic E-state index is -4.40. The fourth-order valence-corrected chi connectivity index (χ4v) is 2.00. The largest absolute Gasteiger partial charge is 0.468 e. The van der Waals surface area contributed by atoms with Gasteiger partial charge in [-0.15, -0.1) is 24.8 Å². The molecule has 0 aliphatic carbocycles. The van der Waals surface area contributed by atoms with Crippen LogP contribution in [-0.4, -0.2) is 36.3 Å². The van der Waals surface area contributed by atoms with Gasteiger partial charge in [0.05, 0.1) is 17.9 Å². The number of aromatic nitrogens is 1. The van der Waals surface area contributed by atoms with Crippen LogP contribution in [-0.2, 0) is 4.79 Å². The van der Waals surface area contributed by atoms with Crippen LogP contribution < -0.4 is 15.4 Å². The molecule has 0 radical (unpaired) electrons. The van der Waals surface area contributed by atoms with Gasteiger partial charge in [-0.05, 0) is 25.5 Å². The number of rotatable bonds is 4. The van der Waals surface area contributed by atoms with Gasteiger partial charge < -0.3 is 15.4 Å². The molecule has 10 heteroatoms. The van der Waals surface area contributed by atoms with E-state index in [1.165, 1.54) is 18.3 Å². The number of hydrogen-bond donors (Lipinski definition) is 2. The maximum Gasteiger partial charge on any atom is 0.422 e. The summed E-state index contributed by atoms with van der Waals surface area (Å²) in [7, 11) is 0. The van der Waals surface area contributed by atoms with Gasteiger partial charge in [-0.3, -0.25) is 4.79 Å². The molecule has 1 aromatic heterocycles. The quantitative estimate of drug-likeness (QED) is 0.848. The van der Waals surface area contributed by atoms with Gasteiger partial charge in [0.2, 0.25) is 11.8 Å². The highest BCUT2D eigenvalue weighted by molar-refractivity contribution is 5.94. The summed E-state index contributed by atoms with van der Waals surface area (Å²) in [6.45, 7) is -0.585. The molecule has 0 bridgehead atoms. The first-order valence-corrected chi connectivity index (χ1v) is 6.64. The van der Waals surface area contributed by atoms with Crippen LogP contribution in [0.15, 0.2) is 18.3 Å². The molecule has 1 aliphatic heterocycles. The van der Waals surface area contributed by atoms with Gasteiger partial charge >= 0.3 is 6.18 Å². The third-order valence-electron chi connectivity index (χ3n) is 3.01. The number of ether oxygens (including phenoxy) is 1. The zero-order chi connectivity index (χ0) is 15.3. The summed E-state index contributed by atoms with van der Waals surface area (Å²) < 4.78 is 40.4. The van der Waals surface area contributed by atoms with Crippen molar-refractivity contribution in [1.82, 2.24) is 10.3 Å².